The van der Waals surface area contributed by atoms with Crippen molar-refractivity contribution in [3.63, 3.8) is 0 Å². The SMILES string of the molecule is CCCCCCc1ccc(-c2cccc3c2C2=C(CCC)[CH]3[Zr][CH]3C(CCC)=C(c4c(-c5ccc(CCCCCC)cc5)cccc43)[Si]2(C)C)cc1. The second kappa shape index (κ2) is 16.9. The van der Waals surface area contributed by atoms with Gasteiger partial charge in [-0.2, -0.15) is 0 Å². The Morgan fingerprint density at radius 2 is 0.885 bits per heavy atom. The van der Waals surface area contributed by atoms with Crippen LogP contribution in [0.4, 0.5) is 0 Å². The zero-order chi connectivity index (χ0) is 36.2. The molecule has 0 fully saturated rings. The first-order valence-electron chi connectivity index (χ1n) is 21.1. The van der Waals surface area contributed by atoms with Gasteiger partial charge < -0.3 is 0 Å². The molecule has 2 unspecified atom stereocenters. The first kappa shape index (κ1) is 37.8. The fourth-order valence-corrected chi connectivity index (χ4v) is 20.2. The molecule has 2 heteroatoms. The van der Waals surface area contributed by atoms with Crippen LogP contribution < -0.4 is 0 Å². The molecule has 0 aromatic heterocycles. The van der Waals surface area contributed by atoms with E-state index in [1.165, 1.54) is 123 Å². The predicted octanol–water partition coefficient (Wildman–Crippen LogP) is 15.1. The molecule has 2 aliphatic carbocycles. The van der Waals surface area contributed by atoms with Gasteiger partial charge in [0.2, 0.25) is 0 Å². The molecule has 52 heavy (non-hydrogen) atoms. The molecule has 0 N–H and O–H groups in total. The summed E-state index contributed by atoms with van der Waals surface area (Å²) < 4.78 is 1.36. The molecule has 4 bridgehead atoms. The van der Waals surface area contributed by atoms with Gasteiger partial charge in [-0.05, 0) is 0 Å². The Morgan fingerprint density at radius 3 is 1.27 bits per heavy atom. The monoisotopic (exact) mass is 780 g/mol. The first-order valence-corrected chi connectivity index (χ1v) is 26.9. The van der Waals surface area contributed by atoms with E-state index >= 15 is 0 Å². The van der Waals surface area contributed by atoms with E-state index in [-0.39, 0.29) is 0 Å². The number of hydrogen-bond donors (Lipinski definition) is 0. The third-order valence-corrected chi connectivity index (χ3v) is 21.0. The Morgan fingerprint density at radius 1 is 0.462 bits per heavy atom. The molecule has 0 spiro atoms. The quantitative estimate of drug-likeness (QED) is 0.0784. The third-order valence-electron chi connectivity index (χ3n) is 12.4. The third kappa shape index (κ3) is 7.18. The Labute approximate surface area is 329 Å². The summed E-state index contributed by atoms with van der Waals surface area (Å²) in [6, 6.07) is 34.4. The van der Waals surface area contributed by atoms with Crippen LogP contribution in [0.1, 0.15) is 145 Å². The second-order valence-electron chi connectivity index (χ2n) is 16.5. The van der Waals surface area contributed by atoms with Crippen molar-refractivity contribution in [2.75, 3.05) is 0 Å². The van der Waals surface area contributed by atoms with Crippen LogP contribution in [0.25, 0.3) is 32.6 Å². The predicted molar refractivity (Wildman–Crippen MR) is 226 cm³/mol. The molecule has 270 valence electrons. The van der Waals surface area contributed by atoms with E-state index in [1.54, 1.807) is 22.3 Å². The van der Waals surface area contributed by atoms with E-state index in [1.807, 2.05) is 21.5 Å². The maximum absolute atomic E-state index is 2.75. The zero-order valence-electron chi connectivity index (χ0n) is 33.1. The summed E-state index contributed by atoms with van der Waals surface area (Å²) in [5.74, 6) is 0. The van der Waals surface area contributed by atoms with Crippen molar-refractivity contribution in [1.29, 1.82) is 0 Å². The Kier molecular flexibility index (Phi) is 12.2. The summed E-state index contributed by atoms with van der Waals surface area (Å²) in [4.78, 5) is 0. The van der Waals surface area contributed by atoms with Crippen molar-refractivity contribution in [3.05, 3.63) is 129 Å². The number of allylic oxidation sites excluding steroid dienone is 2. The summed E-state index contributed by atoms with van der Waals surface area (Å²) in [6.45, 7) is 15.0. The summed E-state index contributed by atoms with van der Waals surface area (Å²) in [5.41, 5.74) is 19.3. The van der Waals surface area contributed by atoms with Crippen molar-refractivity contribution in [2.24, 2.45) is 0 Å². The molecule has 1 heterocycles. The summed E-state index contributed by atoms with van der Waals surface area (Å²) in [5, 5.41) is 3.64. The van der Waals surface area contributed by atoms with Crippen LogP contribution in [0.2, 0.25) is 13.1 Å². The van der Waals surface area contributed by atoms with Crippen molar-refractivity contribution in [3.8, 4) is 22.3 Å². The average molecular weight is 782 g/mol. The van der Waals surface area contributed by atoms with E-state index in [0.29, 0.717) is 7.25 Å². The first-order chi connectivity index (χ1) is 25.4. The van der Waals surface area contributed by atoms with Crippen molar-refractivity contribution >= 4 is 18.5 Å². The number of fused-ring (bicyclic) bond motifs is 8. The van der Waals surface area contributed by atoms with Crippen molar-refractivity contribution in [2.45, 2.75) is 138 Å². The van der Waals surface area contributed by atoms with Gasteiger partial charge in [0.1, 0.15) is 0 Å². The molecule has 0 saturated heterocycles. The molecule has 3 aliphatic rings. The summed E-state index contributed by atoms with van der Waals surface area (Å²) >= 11 is -0.963. The van der Waals surface area contributed by atoms with Crippen LogP contribution in [0.15, 0.2) is 96.1 Å². The molecule has 0 saturated carbocycles. The summed E-state index contributed by atoms with van der Waals surface area (Å²) in [7, 11) is -2.17. The topological polar surface area (TPSA) is 0 Å². The molecule has 0 radical (unpaired) electrons. The second-order valence-corrected chi connectivity index (χ2v) is 24.4. The molecule has 1 aliphatic heterocycles. The fraction of sp³-hybridized carbons (Fsp3) is 0.440. The van der Waals surface area contributed by atoms with Crippen LogP contribution in [0, 0.1) is 0 Å². The number of benzene rings is 4. The van der Waals surface area contributed by atoms with Gasteiger partial charge in [-0.15, -0.1) is 0 Å². The van der Waals surface area contributed by atoms with Gasteiger partial charge in [-0.1, -0.05) is 26.7 Å². The Balaban J connectivity index is 1.33. The van der Waals surface area contributed by atoms with Crippen LogP contribution in [-0.4, -0.2) is 8.07 Å². The minimum atomic E-state index is -2.17. The molecule has 4 aromatic rings. The number of rotatable bonds is 16. The van der Waals surface area contributed by atoms with E-state index in [9.17, 15) is 0 Å². The Hall–Kier alpha value is -2.54. The number of unbranched alkanes of at least 4 members (excludes halogenated alkanes) is 6. The average Bonchev–Trinajstić information content (AvgIpc) is 3.67. The maximum atomic E-state index is 2.75. The van der Waals surface area contributed by atoms with Gasteiger partial charge in [0.05, 0.1) is 0 Å². The minimum absolute atomic E-state index is 0.679. The van der Waals surface area contributed by atoms with Crippen molar-refractivity contribution in [1.82, 2.24) is 0 Å². The zero-order valence-corrected chi connectivity index (χ0v) is 36.6. The molecule has 2 atom stereocenters. The van der Waals surface area contributed by atoms with Gasteiger partial charge in [0.25, 0.3) is 0 Å². The molecule has 7 rings (SSSR count). The number of aryl methyl sites for hydroxylation is 2. The van der Waals surface area contributed by atoms with E-state index in [0.717, 1.165) is 0 Å². The van der Waals surface area contributed by atoms with Crippen LogP contribution in [0.5, 0.6) is 0 Å². The van der Waals surface area contributed by atoms with Gasteiger partial charge >= 0.3 is 305 Å². The van der Waals surface area contributed by atoms with Gasteiger partial charge in [-0.25, -0.2) is 0 Å². The standard InChI is InChI=1S/C50H62Si.Zr/c1-7-11-13-15-21-37-27-31-39(32-28-37)45-25-17-23-41-35-43(19-9-3)49(47(41)45)51(5,6)50-44(20-10-4)36-42-24-18-26-46(48(42)50)40-33-29-38(30-34-40)22-16-14-12-8-2;/h17-18,23-36H,7-16,19-22H2,1-6H3;. The van der Waals surface area contributed by atoms with E-state index in [2.05, 4.69) is 126 Å². The van der Waals surface area contributed by atoms with Crippen LogP contribution >= 0.6 is 0 Å². The van der Waals surface area contributed by atoms with Crippen LogP contribution in [0.3, 0.4) is 0 Å². The molecular weight excluding hydrogens is 720 g/mol. The Bertz CT molecular complexity index is 1780. The van der Waals surface area contributed by atoms with Crippen LogP contribution in [-0.2, 0) is 36.1 Å². The van der Waals surface area contributed by atoms with Gasteiger partial charge in [-0.3, -0.25) is 0 Å². The molecular formula is C50H62SiZr. The summed E-state index contributed by atoms with van der Waals surface area (Å²) in [6.07, 6.45) is 18.0. The fourth-order valence-electron chi connectivity index (χ4n) is 10.0. The van der Waals surface area contributed by atoms with Crippen molar-refractivity contribution < 1.29 is 23.2 Å². The van der Waals surface area contributed by atoms with E-state index in [4.69, 9.17) is 0 Å². The molecule has 0 amide bonds. The molecule has 0 nitrogen and oxygen atoms in total. The number of hydrogen-bond acceptors (Lipinski definition) is 0. The van der Waals surface area contributed by atoms with Gasteiger partial charge in [0, 0.05) is 0 Å². The van der Waals surface area contributed by atoms with Gasteiger partial charge in [0.15, 0.2) is 0 Å². The molecule has 4 aromatic carbocycles. The normalized spacial score (nSPS) is 18.3. The van der Waals surface area contributed by atoms with E-state index < -0.39 is 31.3 Å².